The second kappa shape index (κ2) is 15.6. The van der Waals surface area contributed by atoms with Crippen molar-refractivity contribution in [2.75, 3.05) is 32.7 Å². The maximum Gasteiger partial charge on any atom is 0.306 e. The van der Waals surface area contributed by atoms with E-state index in [1.54, 1.807) is 42.5 Å². The molecule has 0 bridgehead atoms. The van der Waals surface area contributed by atoms with E-state index in [1.165, 1.54) is 17.5 Å². The van der Waals surface area contributed by atoms with Gasteiger partial charge in [0.15, 0.2) is 0 Å². The topological polar surface area (TPSA) is 55.8 Å². The number of carbonyl (C=O) groups excluding carboxylic acids is 2. The molecule has 3 aromatic rings. The minimum absolute atomic E-state index is 0.0856. The summed E-state index contributed by atoms with van der Waals surface area (Å²) < 4.78 is 12.1. The van der Waals surface area contributed by atoms with Crippen LogP contribution in [0.25, 0.3) is 0 Å². The van der Waals surface area contributed by atoms with Gasteiger partial charge in [0.25, 0.3) is 8.32 Å². The summed E-state index contributed by atoms with van der Waals surface area (Å²) in [6, 6.07) is 29.9. The van der Waals surface area contributed by atoms with E-state index in [0.29, 0.717) is 31.0 Å². The van der Waals surface area contributed by atoms with Gasteiger partial charge < -0.3 is 14.1 Å². The summed E-state index contributed by atoms with van der Waals surface area (Å²) in [5.41, 5.74) is 2.27. The molecule has 3 rings (SSSR count). The lowest BCUT2D eigenvalue weighted by Gasteiger charge is -2.43. The van der Waals surface area contributed by atoms with Crippen molar-refractivity contribution in [3.63, 3.8) is 0 Å². The van der Waals surface area contributed by atoms with Crippen molar-refractivity contribution in [2.45, 2.75) is 49.8 Å². The van der Waals surface area contributed by atoms with Crippen LogP contribution in [0.2, 0.25) is 5.04 Å². The van der Waals surface area contributed by atoms with Gasteiger partial charge in [-0.05, 0) is 26.5 Å². The molecule has 5 nitrogen and oxygen atoms in total. The fourth-order valence-electron chi connectivity index (χ4n) is 4.85. The maximum atomic E-state index is 12.2. The number of amides is 1. The fraction of sp³-hybridized carbons (Fsp3) is 0.394. The summed E-state index contributed by atoms with van der Waals surface area (Å²) in [6.45, 7) is 7.35. The van der Waals surface area contributed by atoms with Crippen molar-refractivity contribution in [1.29, 1.82) is 0 Å². The van der Waals surface area contributed by atoms with E-state index in [4.69, 9.17) is 9.16 Å². The van der Waals surface area contributed by atoms with E-state index in [9.17, 15) is 9.59 Å². The lowest BCUT2D eigenvalue weighted by molar-refractivity contribution is -0.140. The van der Waals surface area contributed by atoms with E-state index in [2.05, 4.69) is 106 Å². The number of ether oxygens (including phenoxy) is 1. The van der Waals surface area contributed by atoms with Gasteiger partial charge in [-0.3, -0.25) is 9.59 Å². The van der Waals surface area contributed by atoms with Crippen LogP contribution in [-0.4, -0.2) is 57.8 Å². The molecule has 3 aromatic carbocycles. The number of nitrogens with zero attached hydrogens (tertiary/aromatic N) is 1. The van der Waals surface area contributed by atoms with Crippen LogP contribution in [0.15, 0.2) is 84.9 Å². The summed E-state index contributed by atoms with van der Waals surface area (Å²) in [7, 11) is 2.32. The highest BCUT2D eigenvalue weighted by atomic mass is 32.2. The van der Waals surface area contributed by atoms with Gasteiger partial charge in [-0.25, -0.2) is 0 Å². The molecule has 0 saturated heterocycles. The van der Waals surface area contributed by atoms with Gasteiger partial charge in [-0.1, -0.05) is 106 Å². The molecular formula is C33H43NO4S2Si. The first-order valence-corrected chi connectivity index (χ1v) is 17.9. The van der Waals surface area contributed by atoms with Crippen LogP contribution in [0.5, 0.6) is 0 Å². The van der Waals surface area contributed by atoms with Crippen LogP contribution >= 0.6 is 23.5 Å². The Kier molecular flexibility index (Phi) is 12.6. The molecular weight excluding hydrogens is 567 g/mol. The number of methoxy groups -OCH3 is 1. The molecule has 0 aliphatic carbocycles. The quantitative estimate of drug-likeness (QED) is 0.122. The molecule has 0 N–H and O–H groups in total. The molecule has 0 unspecified atom stereocenters. The highest BCUT2D eigenvalue weighted by Gasteiger charge is 2.50. The SMILES string of the molecule is COC(=O)CCS[C@@H](SCCC(=O)N(C)C)c1cccc(CO[Si](c2ccccc2)(c2ccccc2)C(C)(C)C)c1. The van der Waals surface area contributed by atoms with E-state index in [-0.39, 0.29) is 21.5 Å². The Morgan fingerprint density at radius 1 is 0.829 bits per heavy atom. The predicted molar refractivity (Wildman–Crippen MR) is 176 cm³/mol. The standard InChI is InChI=1S/C33H43NO4S2Si/c1-33(2,3)41(28-16-9-7-10-17-28,29-18-11-8-12-19-29)38-25-26-14-13-15-27(24-26)32(40-23-21-31(36)37-6)39-22-20-30(35)34(4)5/h7-19,24,32H,20-23,25H2,1-6H3/t32-/m1/s1. The van der Waals surface area contributed by atoms with Crippen LogP contribution in [0.4, 0.5) is 0 Å². The predicted octanol–water partition coefficient (Wildman–Crippen LogP) is 6.27. The molecule has 1 atom stereocenters. The summed E-state index contributed by atoms with van der Waals surface area (Å²) >= 11 is 3.46. The van der Waals surface area contributed by atoms with Crippen LogP contribution in [-0.2, 0) is 25.4 Å². The Morgan fingerprint density at radius 2 is 1.39 bits per heavy atom. The largest absolute Gasteiger partial charge is 0.469 e. The first-order chi connectivity index (χ1) is 19.6. The van der Waals surface area contributed by atoms with Crippen molar-refractivity contribution in [2.24, 2.45) is 0 Å². The number of hydrogen-bond donors (Lipinski definition) is 0. The van der Waals surface area contributed by atoms with Crippen LogP contribution in [0.3, 0.4) is 0 Å². The van der Waals surface area contributed by atoms with Crippen molar-refractivity contribution >= 4 is 54.1 Å². The Bertz CT molecular complexity index is 1210. The van der Waals surface area contributed by atoms with Gasteiger partial charge in [0.1, 0.15) is 0 Å². The van der Waals surface area contributed by atoms with E-state index >= 15 is 0 Å². The molecule has 0 aliphatic heterocycles. The Labute approximate surface area is 255 Å². The Morgan fingerprint density at radius 3 is 1.90 bits per heavy atom. The molecule has 0 fully saturated rings. The summed E-state index contributed by atoms with van der Waals surface area (Å²) in [5, 5.41) is 2.41. The van der Waals surface area contributed by atoms with E-state index < -0.39 is 8.32 Å². The zero-order valence-electron chi connectivity index (χ0n) is 25.1. The second-order valence-electron chi connectivity index (χ2n) is 11.1. The van der Waals surface area contributed by atoms with Crippen LogP contribution in [0, 0.1) is 0 Å². The highest BCUT2D eigenvalue weighted by Crippen LogP contribution is 2.41. The number of esters is 1. The summed E-state index contributed by atoms with van der Waals surface area (Å²) in [6.07, 6.45) is 0.827. The van der Waals surface area contributed by atoms with Crippen molar-refractivity contribution in [3.8, 4) is 0 Å². The fourth-order valence-corrected chi connectivity index (χ4v) is 12.0. The van der Waals surface area contributed by atoms with Crippen LogP contribution < -0.4 is 10.4 Å². The molecule has 41 heavy (non-hydrogen) atoms. The average molecular weight is 610 g/mol. The minimum atomic E-state index is -2.66. The summed E-state index contributed by atoms with van der Waals surface area (Å²) in [5.74, 6) is 1.25. The zero-order valence-corrected chi connectivity index (χ0v) is 27.7. The van der Waals surface area contributed by atoms with Crippen molar-refractivity contribution in [3.05, 3.63) is 96.1 Å². The molecule has 0 saturated carbocycles. The molecule has 0 aromatic heterocycles. The number of carbonyl (C=O) groups is 2. The van der Waals surface area contributed by atoms with E-state index in [1.807, 2.05) is 0 Å². The van der Waals surface area contributed by atoms with Gasteiger partial charge in [0.05, 0.1) is 24.7 Å². The molecule has 220 valence electrons. The molecule has 0 heterocycles. The third kappa shape index (κ3) is 8.98. The van der Waals surface area contributed by atoms with Crippen molar-refractivity contribution < 1.29 is 18.8 Å². The molecule has 8 heteroatoms. The maximum absolute atomic E-state index is 12.2. The third-order valence-corrected chi connectivity index (χ3v) is 14.8. The Balaban J connectivity index is 1.88. The monoisotopic (exact) mass is 609 g/mol. The summed E-state index contributed by atoms with van der Waals surface area (Å²) in [4.78, 5) is 25.6. The first-order valence-electron chi connectivity index (χ1n) is 13.9. The van der Waals surface area contributed by atoms with Gasteiger partial charge in [-0.2, -0.15) is 0 Å². The Hall–Kier alpha value is -2.52. The molecule has 1 amide bonds. The lowest BCUT2D eigenvalue weighted by Crippen LogP contribution is -2.66. The molecule has 0 radical (unpaired) electrons. The van der Waals surface area contributed by atoms with Gasteiger partial charge in [0, 0.05) is 32.0 Å². The minimum Gasteiger partial charge on any atom is -0.469 e. The average Bonchev–Trinajstić information content (AvgIpc) is 2.97. The van der Waals surface area contributed by atoms with Gasteiger partial charge in [-0.15, -0.1) is 23.5 Å². The number of benzene rings is 3. The third-order valence-electron chi connectivity index (χ3n) is 6.98. The van der Waals surface area contributed by atoms with Gasteiger partial charge >= 0.3 is 5.97 Å². The normalized spacial score (nSPS) is 12.5. The van der Waals surface area contributed by atoms with Crippen LogP contribution in [0.1, 0.15) is 49.3 Å². The lowest BCUT2D eigenvalue weighted by atomic mass is 10.1. The van der Waals surface area contributed by atoms with Crippen molar-refractivity contribution in [1.82, 2.24) is 4.90 Å². The first kappa shape index (κ1) is 33.0. The number of thioether (sulfide) groups is 2. The van der Waals surface area contributed by atoms with E-state index in [0.717, 1.165) is 11.1 Å². The number of rotatable bonds is 14. The zero-order chi connectivity index (χ0) is 29.9. The second-order valence-corrected chi connectivity index (χ2v) is 18.2. The van der Waals surface area contributed by atoms with Gasteiger partial charge in [0.2, 0.25) is 5.91 Å². The highest BCUT2D eigenvalue weighted by molar-refractivity contribution is 8.16. The molecule has 0 spiro atoms. The smallest absolute Gasteiger partial charge is 0.306 e. The number of hydrogen-bond acceptors (Lipinski definition) is 6. The molecule has 0 aliphatic rings.